The molecule has 1 heterocycles. The zero-order valence-electron chi connectivity index (χ0n) is 14.7. The Morgan fingerprint density at radius 1 is 1.11 bits per heavy atom. The summed E-state index contributed by atoms with van der Waals surface area (Å²) in [6, 6.07) is 10.1. The lowest BCUT2D eigenvalue weighted by Crippen LogP contribution is -2.31. The van der Waals surface area contributed by atoms with Crippen LogP contribution in [0.5, 0.6) is 11.5 Å². The minimum absolute atomic E-state index is 0.266. The molecule has 1 atom stereocenters. The van der Waals surface area contributed by atoms with Crippen molar-refractivity contribution in [1.29, 1.82) is 0 Å². The molecule has 2 aromatic rings. The topological polar surface area (TPSA) is 38.8 Å². The average molecular weight is 397 g/mol. The predicted octanol–water partition coefficient (Wildman–Crippen LogP) is 4.61. The van der Waals surface area contributed by atoms with E-state index in [9.17, 15) is 18.0 Å². The fraction of sp³-hybridized carbons (Fsp3) is 0.316. The Hall–Kier alpha value is -2.35. The molecule has 0 spiro atoms. The number of nitrogens with zero attached hydrogens (tertiary/aromatic N) is 1. The van der Waals surface area contributed by atoms with E-state index in [1.54, 1.807) is 29.2 Å². The van der Waals surface area contributed by atoms with Gasteiger partial charge in [-0.1, -0.05) is 18.2 Å². The van der Waals surface area contributed by atoms with Gasteiger partial charge in [0.1, 0.15) is 22.4 Å². The maximum Gasteiger partial charge on any atom is 0.416 e. The standard InChI is InChI=1S/C19H18F3NO3S/c1-25-14-7-4-8-15(26-2)16(14)17(24)23-9-10-27-18(23)12-5-3-6-13(11-12)19(20,21)22/h3-8,11,18H,9-10H2,1-2H3/t18-/m1/s1. The highest BCUT2D eigenvalue weighted by atomic mass is 32.2. The maximum atomic E-state index is 13.2. The number of ether oxygens (including phenoxy) is 2. The average Bonchev–Trinajstić information content (AvgIpc) is 3.16. The molecule has 144 valence electrons. The Morgan fingerprint density at radius 2 is 1.74 bits per heavy atom. The van der Waals surface area contributed by atoms with Crippen molar-refractivity contribution in [3.63, 3.8) is 0 Å². The van der Waals surface area contributed by atoms with Crippen LogP contribution >= 0.6 is 11.8 Å². The van der Waals surface area contributed by atoms with Crippen LogP contribution in [0, 0.1) is 0 Å². The van der Waals surface area contributed by atoms with Crippen molar-refractivity contribution in [2.75, 3.05) is 26.5 Å². The van der Waals surface area contributed by atoms with Crippen LogP contribution in [0.3, 0.4) is 0 Å². The van der Waals surface area contributed by atoms with Crippen LogP contribution in [-0.2, 0) is 6.18 Å². The summed E-state index contributed by atoms with van der Waals surface area (Å²) in [5.41, 5.74) is -0.0220. The molecule has 0 radical (unpaired) electrons. The first kappa shape index (κ1) is 19.4. The van der Waals surface area contributed by atoms with Gasteiger partial charge in [0, 0.05) is 12.3 Å². The molecule has 3 rings (SSSR count). The van der Waals surface area contributed by atoms with Crippen LogP contribution in [0.2, 0.25) is 0 Å². The molecule has 1 saturated heterocycles. The van der Waals surface area contributed by atoms with Gasteiger partial charge in [0.2, 0.25) is 0 Å². The molecule has 1 amide bonds. The van der Waals surface area contributed by atoms with Crippen molar-refractivity contribution in [2.45, 2.75) is 11.6 Å². The van der Waals surface area contributed by atoms with Gasteiger partial charge in [0.15, 0.2) is 0 Å². The van der Waals surface area contributed by atoms with Gasteiger partial charge in [-0.3, -0.25) is 4.79 Å². The molecule has 0 aromatic heterocycles. The molecule has 27 heavy (non-hydrogen) atoms. The molecule has 4 nitrogen and oxygen atoms in total. The zero-order chi connectivity index (χ0) is 19.6. The molecule has 8 heteroatoms. The summed E-state index contributed by atoms with van der Waals surface area (Å²) in [7, 11) is 2.91. The van der Waals surface area contributed by atoms with Gasteiger partial charge in [-0.05, 0) is 29.8 Å². The number of hydrogen-bond donors (Lipinski definition) is 0. The van der Waals surface area contributed by atoms with E-state index in [1.165, 1.54) is 32.0 Å². The largest absolute Gasteiger partial charge is 0.496 e. The number of methoxy groups -OCH3 is 2. The second-order valence-corrected chi connectivity index (χ2v) is 7.07. The first-order valence-electron chi connectivity index (χ1n) is 8.17. The summed E-state index contributed by atoms with van der Waals surface area (Å²) in [6.07, 6.45) is -4.43. The number of carbonyl (C=O) groups excluding carboxylic acids is 1. The van der Waals surface area contributed by atoms with Gasteiger partial charge in [-0.25, -0.2) is 0 Å². The smallest absolute Gasteiger partial charge is 0.416 e. The van der Waals surface area contributed by atoms with E-state index in [2.05, 4.69) is 0 Å². The van der Waals surface area contributed by atoms with E-state index < -0.39 is 17.1 Å². The van der Waals surface area contributed by atoms with E-state index in [4.69, 9.17) is 9.47 Å². The summed E-state index contributed by atoms with van der Waals surface area (Å²) in [5, 5.41) is -0.505. The number of benzene rings is 2. The second-order valence-electron chi connectivity index (χ2n) is 5.88. The lowest BCUT2D eigenvalue weighted by atomic mass is 10.1. The summed E-state index contributed by atoms with van der Waals surface area (Å²) < 4.78 is 49.7. The fourth-order valence-electron chi connectivity index (χ4n) is 3.03. The van der Waals surface area contributed by atoms with E-state index in [0.717, 1.165) is 12.1 Å². The molecule has 2 aromatic carbocycles. The molecule has 0 N–H and O–H groups in total. The first-order chi connectivity index (χ1) is 12.9. The van der Waals surface area contributed by atoms with Gasteiger partial charge in [-0.2, -0.15) is 13.2 Å². The molecule has 1 aliphatic rings. The fourth-order valence-corrected chi connectivity index (χ4v) is 4.27. The molecule has 1 fully saturated rings. The third-order valence-corrected chi connectivity index (χ3v) is 5.55. The van der Waals surface area contributed by atoms with E-state index in [1.807, 2.05) is 0 Å². The van der Waals surface area contributed by atoms with Crippen LogP contribution < -0.4 is 9.47 Å². The van der Waals surface area contributed by atoms with E-state index in [-0.39, 0.29) is 11.5 Å². The van der Waals surface area contributed by atoms with Crippen LogP contribution in [0.15, 0.2) is 42.5 Å². The van der Waals surface area contributed by atoms with Gasteiger partial charge in [0.05, 0.1) is 19.8 Å². The SMILES string of the molecule is COc1cccc(OC)c1C(=O)N1CCS[C@@H]1c1cccc(C(F)(F)F)c1. The van der Waals surface area contributed by atoms with Gasteiger partial charge < -0.3 is 14.4 Å². The third kappa shape index (κ3) is 3.85. The van der Waals surface area contributed by atoms with Crippen LogP contribution in [0.1, 0.15) is 26.9 Å². The highest BCUT2D eigenvalue weighted by Crippen LogP contribution is 2.42. The number of rotatable bonds is 4. The summed E-state index contributed by atoms with van der Waals surface area (Å²) in [4.78, 5) is 14.8. The van der Waals surface area contributed by atoms with Crippen LogP contribution in [0.25, 0.3) is 0 Å². The van der Waals surface area contributed by atoms with E-state index in [0.29, 0.717) is 29.4 Å². The Labute approximate surface area is 159 Å². The molecule has 0 saturated carbocycles. The van der Waals surface area contributed by atoms with Gasteiger partial charge in [0.25, 0.3) is 5.91 Å². The number of halogens is 3. The number of thioether (sulfide) groups is 1. The minimum atomic E-state index is -4.43. The Balaban J connectivity index is 1.97. The monoisotopic (exact) mass is 397 g/mol. The number of hydrogen-bond acceptors (Lipinski definition) is 4. The molecule has 0 unspecified atom stereocenters. The third-order valence-electron chi connectivity index (χ3n) is 4.29. The van der Waals surface area contributed by atoms with Crippen LogP contribution in [-0.4, -0.2) is 37.3 Å². The van der Waals surface area contributed by atoms with Crippen molar-refractivity contribution in [3.05, 3.63) is 59.2 Å². The molecule has 0 aliphatic carbocycles. The van der Waals surface area contributed by atoms with Crippen molar-refractivity contribution in [2.24, 2.45) is 0 Å². The first-order valence-corrected chi connectivity index (χ1v) is 9.22. The summed E-state index contributed by atoms with van der Waals surface area (Å²) in [5.74, 6) is 1.01. The van der Waals surface area contributed by atoms with Crippen molar-refractivity contribution < 1.29 is 27.4 Å². The molecule has 0 bridgehead atoms. The zero-order valence-corrected chi connectivity index (χ0v) is 15.6. The minimum Gasteiger partial charge on any atom is -0.496 e. The van der Waals surface area contributed by atoms with Crippen molar-refractivity contribution in [1.82, 2.24) is 4.90 Å². The van der Waals surface area contributed by atoms with Gasteiger partial charge >= 0.3 is 6.18 Å². The van der Waals surface area contributed by atoms with Crippen LogP contribution in [0.4, 0.5) is 13.2 Å². The Morgan fingerprint density at radius 3 is 2.33 bits per heavy atom. The molecular weight excluding hydrogens is 379 g/mol. The quantitative estimate of drug-likeness (QED) is 0.755. The highest BCUT2D eigenvalue weighted by molar-refractivity contribution is 7.99. The Kier molecular flexibility index (Phi) is 5.55. The summed E-state index contributed by atoms with van der Waals surface area (Å²) in [6.45, 7) is 0.422. The van der Waals surface area contributed by atoms with E-state index >= 15 is 0 Å². The number of amides is 1. The summed E-state index contributed by atoms with van der Waals surface area (Å²) >= 11 is 1.43. The predicted molar refractivity (Wildman–Crippen MR) is 97.2 cm³/mol. The second kappa shape index (κ2) is 7.72. The lowest BCUT2D eigenvalue weighted by Gasteiger charge is -2.26. The maximum absolute atomic E-state index is 13.2. The van der Waals surface area contributed by atoms with Gasteiger partial charge in [-0.15, -0.1) is 11.8 Å². The number of alkyl halides is 3. The highest BCUT2D eigenvalue weighted by Gasteiger charge is 2.36. The lowest BCUT2D eigenvalue weighted by molar-refractivity contribution is -0.137. The molecular formula is C19H18F3NO3S. The number of carbonyl (C=O) groups is 1. The normalized spacial score (nSPS) is 17.1. The van der Waals surface area contributed by atoms with Crippen molar-refractivity contribution >= 4 is 17.7 Å². The van der Waals surface area contributed by atoms with Crippen molar-refractivity contribution in [3.8, 4) is 11.5 Å². The molecule has 1 aliphatic heterocycles. The Bertz CT molecular complexity index is 819.